The molecule has 0 aliphatic rings. The Labute approximate surface area is 177 Å². The number of hydrogen-bond acceptors (Lipinski definition) is 4. The number of anilines is 1. The molecule has 158 valence electrons. The SMILES string of the molecule is Cc1ccc(C(=O)c2ccc(C(C)c3ccc(NS(=O)(=O)CCO)cc3)[nH]2)c(C)c1. The van der Waals surface area contributed by atoms with Crippen molar-refractivity contribution < 1.29 is 18.3 Å². The maximum atomic E-state index is 12.9. The predicted octanol–water partition coefficient (Wildman–Crippen LogP) is 3.75. The van der Waals surface area contributed by atoms with Crippen molar-refractivity contribution in [3.8, 4) is 0 Å². The lowest BCUT2D eigenvalue weighted by Crippen LogP contribution is -2.18. The van der Waals surface area contributed by atoms with Crippen LogP contribution in [-0.2, 0) is 10.0 Å². The number of nitrogens with one attached hydrogen (secondary N) is 2. The van der Waals surface area contributed by atoms with Crippen LogP contribution in [0.3, 0.4) is 0 Å². The Morgan fingerprint density at radius 1 is 1.07 bits per heavy atom. The molecule has 7 heteroatoms. The van der Waals surface area contributed by atoms with Crippen molar-refractivity contribution in [2.45, 2.75) is 26.7 Å². The molecule has 2 aromatic carbocycles. The van der Waals surface area contributed by atoms with Gasteiger partial charge in [-0.05, 0) is 49.2 Å². The zero-order valence-corrected chi connectivity index (χ0v) is 18.1. The number of aromatic nitrogens is 1. The lowest BCUT2D eigenvalue weighted by Gasteiger charge is -2.12. The number of ketones is 1. The van der Waals surface area contributed by atoms with Gasteiger partial charge in [0.05, 0.1) is 18.1 Å². The van der Waals surface area contributed by atoms with Crippen LogP contribution in [0.15, 0.2) is 54.6 Å². The minimum Gasteiger partial charge on any atom is -0.395 e. The average Bonchev–Trinajstić information content (AvgIpc) is 3.17. The fourth-order valence-electron chi connectivity index (χ4n) is 3.38. The molecule has 0 saturated carbocycles. The summed E-state index contributed by atoms with van der Waals surface area (Å²) in [5.74, 6) is -0.390. The molecule has 1 unspecified atom stereocenters. The van der Waals surface area contributed by atoms with Gasteiger partial charge in [0.25, 0.3) is 0 Å². The monoisotopic (exact) mass is 426 g/mol. The summed E-state index contributed by atoms with van der Waals surface area (Å²) in [5, 5.41) is 8.82. The van der Waals surface area contributed by atoms with E-state index in [1.165, 1.54) is 0 Å². The number of carbonyl (C=O) groups excluding carboxylic acids is 1. The van der Waals surface area contributed by atoms with Crippen LogP contribution in [-0.4, -0.2) is 36.7 Å². The highest BCUT2D eigenvalue weighted by Crippen LogP contribution is 2.26. The quantitative estimate of drug-likeness (QED) is 0.478. The minimum absolute atomic E-state index is 0.00577. The van der Waals surface area contributed by atoms with Crippen molar-refractivity contribution in [1.82, 2.24) is 4.98 Å². The van der Waals surface area contributed by atoms with Crippen molar-refractivity contribution in [2.24, 2.45) is 0 Å². The van der Waals surface area contributed by atoms with Gasteiger partial charge in [0.1, 0.15) is 0 Å². The molecule has 1 atom stereocenters. The molecule has 0 spiro atoms. The Kier molecular flexibility index (Phi) is 6.43. The van der Waals surface area contributed by atoms with Crippen molar-refractivity contribution in [1.29, 1.82) is 0 Å². The maximum absolute atomic E-state index is 12.9. The molecular weight excluding hydrogens is 400 g/mol. The summed E-state index contributed by atoms with van der Waals surface area (Å²) < 4.78 is 25.9. The summed E-state index contributed by atoms with van der Waals surface area (Å²) in [5.41, 5.74) is 5.61. The van der Waals surface area contributed by atoms with E-state index >= 15 is 0 Å². The van der Waals surface area contributed by atoms with Gasteiger partial charge >= 0.3 is 0 Å². The number of sulfonamides is 1. The summed E-state index contributed by atoms with van der Waals surface area (Å²) in [6, 6.07) is 16.5. The maximum Gasteiger partial charge on any atom is 0.234 e. The Balaban J connectivity index is 1.76. The fraction of sp³-hybridized carbons (Fsp3) is 0.261. The third kappa shape index (κ3) is 4.98. The summed E-state index contributed by atoms with van der Waals surface area (Å²) in [4.78, 5) is 16.1. The molecule has 3 aromatic rings. The highest BCUT2D eigenvalue weighted by atomic mass is 32.2. The first-order chi connectivity index (χ1) is 14.2. The van der Waals surface area contributed by atoms with E-state index < -0.39 is 16.6 Å². The molecule has 3 rings (SSSR count). The van der Waals surface area contributed by atoms with Gasteiger partial charge in [0, 0.05) is 22.9 Å². The van der Waals surface area contributed by atoms with Crippen molar-refractivity contribution >= 4 is 21.5 Å². The number of rotatable bonds is 8. The minimum atomic E-state index is -3.55. The number of aliphatic hydroxyl groups is 1. The van der Waals surface area contributed by atoms with E-state index in [2.05, 4.69) is 9.71 Å². The highest BCUT2D eigenvalue weighted by Gasteiger charge is 2.17. The molecule has 1 heterocycles. The molecule has 3 N–H and O–H groups in total. The first kappa shape index (κ1) is 21.8. The van der Waals surface area contributed by atoms with Crippen LogP contribution in [0.1, 0.15) is 51.3 Å². The number of benzene rings is 2. The van der Waals surface area contributed by atoms with Gasteiger partial charge in [-0.15, -0.1) is 0 Å². The Morgan fingerprint density at radius 3 is 2.40 bits per heavy atom. The van der Waals surface area contributed by atoms with E-state index in [0.29, 0.717) is 16.9 Å². The molecule has 6 nitrogen and oxygen atoms in total. The van der Waals surface area contributed by atoms with Crippen LogP contribution < -0.4 is 4.72 Å². The van der Waals surface area contributed by atoms with Crippen molar-refractivity contribution in [3.63, 3.8) is 0 Å². The van der Waals surface area contributed by atoms with Crippen molar-refractivity contribution in [3.05, 3.63) is 88.2 Å². The molecule has 30 heavy (non-hydrogen) atoms. The second-order valence-electron chi connectivity index (χ2n) is 7.46. The summed E-state index contributed by atoms with van der Waals surface area (Å²) in [6.45, 7) is 5.52. The summed E-state index contributed by atoms with van der Waals surface area (Å²) >= 11 is 0. The molecule has 0 saturated heterocycles. The second kappa shape index (κ2) is 8.85. The van der Waals surface area contributed by atoms with E-state index in [4.69, 9.17) is 5.11 Å². The van der Waals surface area contributed by atoms with Crippen LogP contribution in [0.2, 0.25) is 0 Å². The van der Waals surface area contributed by atoms with Gasteiger partial charge in [0.2, 0.25) is 15.8 Å². The Morgan fingerprint density at radius 2 is 1.77 bits per heavy atom. The average molecular weight is 427 g/mol. The highest BCUT2D eigenvalue weighted by molar-refractivity contribution is 7.92. The van der Waals surface area contributed by atoms with Gasteiger partial charge in [0.15, 0.2) is 0 Å². The standard InChI is InChI=1S/C23H26N2O4S/c1-15-4-9-20(16(2)14-15)23(27)22-11-10-21(24-22)17(3)18-5-7-19(8-6-18)25-30(28,29)13-12-26/h4-11,14,17,24-26H,12-13H2,1-3H3. The van der Waals surface area contributed by atoms with Crippen LogP contribution >= 0.6 is 0 Å². The molecule has 0 fully saturated rings. The number of hydrogen-bond donors (Lipinski definition) is 3. The smallest absolute Gasteiger partial charge is 0.234 e. The van der Waals surface area contributed by atoms with E-state index in [9.17, 15) is 13.2 Å². The van der Waals surface area contributed by atoms with Crippen LogP contribution in [0, 0.1) is 13.8 Å². The summed E-state index contributed by atoms with van der Waals surface area (Å²) in [6.07, 6.45) is 0. The van der Waals surface area contributed by atoms with E-state index in [1.807, 2.05) is 57.2 Å². The fourth-order valence-corrected chi connectivity index (χ4v) is 4.22. The molecule has 1 aromatic heterocycles. The molecule has 0 aliphatic carbocycles. The molecule has 0 radical (unpaired) electrons. The lowest BCUT2D eigenvalue weighted by atomic mass is 9.98. The largest absolute Gasteiger partial charge is 0.395 e. The number of aromatic amines is 1. The Hall–Kier alpha value is -2.90. The third-order valence-electron chi connectivity index (χ3n) is 5.09. The molecular formula is C23H26N2O4S. The van der Waals surface area contributed by atoms with Crippen LogP contribution in [0.5, 0.6) is 0 Å². The van der Waals surface area contributed by atoms with E-state index in [1.54, 1.807) is 18.2 Å². The number of H-pyrrole nitrogens is 1. The number of aliphatic hydroxyl groups excluding tert-OH is 1. The summed E-state index contributed by atoms with van der Waals surface area (Å²) in [7, 11) is -3.55. The number of aryl methyl sites for hydroxylation is 2. The second-order valence-corrected chi connectivity index (χ2v) is 9.30. The zero-order valence-electron chi connectivity index (χ0n) is 17.3. The molecule has 0 amide bonds. The molecule has 0 aliphatic heterocycles. The zero-order chi connectivity index (χ0) is 21.9. The lowest BCUT2D eigenvalue weighted by molar-refractivity contribution is 0.103. The van der Waals surface area contributed by atoms with Crippen LogP contribution in [0.4, 0.5) is 5.69 Å². The van der Waals surface area contributed by atoms with E-state index in [0.717, 1.165) is 22.4 Å². The van der Waals surface area contributed by atoms with Gasteiger partial charge in [-0.1, -0.05) is 42.8 Å². The van der Waals surface area contributed by atoms with Crippen LogP contribution in [0.25, 0.3) is 0 Å². The van der Waals surface area contributed by atoms with Gasteiger partial charge in [-0.3, -0.25) is 9.52 Å². The topological polar surface area (TPSA) is 99.3 Å². The Bertz CT molecular complexity index is 1150. The van der Waals surface area contributed by atoms with Gasteiger partial charge in [-0.25, -0.2) is 8.42 Å². The third-order valence-corrected chi connectivity index (χ3v) is 6.36. The number of carbonyl (C=O) groups is 1. The molecule has 0 bridgehead atoms. The predicted molar refractivity (Wildman–Crippen MR) is 119 cm³/mol. The van der Waals surface area contributed by atoms with E-state index in [-0.39, 0.29) is 17.5 Å². The van der Waals surface area contributed by atoms with Gasteiger partial charge in [-0.2, -0.15) is 0 Å². The first-order valence-electron chi connectivity index (χ1n) is 9.72. The van der Waals surface area contributed by atoms with Crippen molar-refractivity contribution in [2.75, 3.05) is 17.1 Å². The normalized spacial score (nSPS) is 12.5. The first-order valence-corrected chi connectivity index (χ1v) is 11.4. The van der Waals surface area contributed by atoms with Gasteiger partial charge < -0.3 is 10.1 Å².